The molecule has 1 aromatic rings. The van der Waals surface area contributed by atoms with Crippen molar-refractivity contribution in [3.05, 3.63) is 5.69 Å². The van der Waals surface area contributed by atoms with Crippen molar-refractivity contribution in [1.82, 2.24) is 10.2 Å². The van der Waals surface area contributed by atoms with Gasteiger partial charge in [-0.1, -0.05) is 0 Å². The zero-order valence-corrected chi connectivity index (χ0v) is 8.54. The highest BCUT2D eigenvalue weighted by Crippen LogP contribution is 2.20. The molecule has 6 nitrogen and oxygen atoms in total. The van der Waals surface area contributed by atoms with E-state index in [1.54, 1.807) is 6.92 Å². The smallest absolute Gasteiger partial charge is 0.254 e. The summed E-state index contributed by atoms with van der Waals surface area (Å²) in [5, 5.41) is 9.23. The van der Waals surface area contributed by atoms with Crippen LogP contribution in [0.4, 0.5) is 11.5 Å². The average molecular weight is 210 g/mol. The minimum absolute atomic E-state index is 0.175. The highest BCUT2D eigenvalue weighted by Gasteiger charge is 2.24. The van der Waals surface area contributed by atoms with Gasteiger partial charge in [0.1, 0.15) is 6.10 Å². The van der Waals surface area contributed by atoms with Gasteiger partial charge in [-0.3, -0.25) is 9.89 Å². The Labute approximate surface area is 87.2 Å². The fraction of sp³-hybridized carbons (Fsp3) is 0.556. The number of nitrogens with two attached hydrogens (primary N) is 1. The van der Waals surface area contributed by atoms with Gasteiger partial charge in [0.2, 0.25) is 0 Å². The lowest BCUT2D eigenvalue weighted by atomic mass is 10.2. The number of amides is 1. The van der Waals surface area contributed by atoms with E-state index in [1.165, 1.54) is 0 Å². The number of H-pyrrole nitrogens is 1. The first kappa shape index (κ1) is 9.97. The minimum Gasteiger partial charge on any atom is -0.394 e. The van der Waals surface area contributed by atoms with Crippen LogP contribution in [-0.2, 0) is 9.53 Å². The molecular formula is C9H14N4O2. The number of nitrogens with one attached hydrogen (secondary N) is 2. The Kier molecular flexibility index (Phi) is 2.59. The number of carbonyl (C=O) groups is 1. The highest BCUT2D eigenvalue weighted by molar-refractivity contribution is 5.95. The molecule has 0 saturated carbocycles. The second kappa shape index (κ2) is 3.90. The maximum absolute atomic E-state index is 11.6. The number of rotatable bonds is 2. The van der Waals surface area contributed by atoms with Crippen molar-refractivity contribution in [1.29, 1.82) is 0 Å². The van der Waals surface area contributed by atoms with E-state index in [1.807, 2.05) is 0 Å². The molecule has 0 aliphatic carbocycles. The molecule has 0 radical (unpaired) electrons. The summed E-state index contributed by atoms with van der Waals surface area (Å²) in [5.74, 6) is 0.207. The first-order valence-electron chi connectivity index (χ1n) is 4.91. The van der Waals surface area contributed by atoms with E-state index in [-0.39, 0.29) is 12.0 Å². The SMILES string of the molecule is Cc1[nH]nc(NC(=O)C2CCCO2)c1N. The second-order valence-electron chi connectivity index (χ2n) is 3.60. The predicted molar refractivity (Wildman–Crippen MR) is 55.3 cm³/mol. The van der Waals surface area contributed by atoms with Gasteiger partial charge in [-0.25, -0.2) is 0 Å². The number of hydrogen-bond acceptors (Lipinski definition) is 4. The Bertz CT molecular complexity index is 368. The van der Waals surface area contributed by atoms with Crippen molar-refractivity contribution in [3.63, 3.8) is 0 Å². The first-order chi connectivity index (χ1) is 7.18. The standard InChI is InChI=1S/C9H14N4O2/c1-5-7(10)8(13-12-5)11-9(14)6-3-2-4-15-6/h6H,2-4,10H2,1H3,(H2,11,12,13,14). The van der Waals surface area contributed by atoms with Crippen LogP contribution in [0.15, 0.2) is 0 Å². The van der Waals surface area contributed by atoms with E-state index >= 15 is 0 Å². The van der Waals surface area contributed by atoms with Crippen LogP contribution in [0.2, 0.25) is 0 Å². The number of carbonyl (C=O) groups excluding carboxylic acids is 1. The quantitative estimate of drug-likeness (QED) is 0.659. The summed E-state index contributed by atoms with van der Waals surface area (Å²) in [7, 11) is 0. The summed E-state index contributed by atoms with van der Waals surface area (Å²) in [6.45, 7) is 2.44. The molecule has 1 saturated heterocycles. The van der Waals surface area contributed by atoms with E-state index < -0.39 is 0 Å². The lowest BCUT2D eigenvalue weighted by Crippen LogP contribution is -2.27. The number of hydrogen-bond donors (Lipinski definition) is 3. The molecule has 0 bridgehead atoms. The average Bonchev–Trinajstić information content (AvgIpc) is 2.83. The monoisotopic (exact) mass is 210 g/mol. The summed E-state index contributed by atoms with van der Waals surface area (Å²) >= 11 is 0. The van der Waals surface area contributed by atoms with Gasteiger partial charge in [0, 0.05) is 6.61 Å². The molecule has 0 spiro atoms. The molecule has 2 heterocycles. The number of aromatic amines is 1. The van der Waals surface area contributed by atoms with Crippen molar-refractivity contribution in [2.24, 2.45) is 0 Å². The summed E-state index contributed by atoms with van der Waals surface area (Å²) in [6, 6.07) is 0. The van der Waals surface area contributed by atoms with Gasteiger partial charge >= 0.3 is 0 Å². The summed E-state index contributed by atoms with van der Waals surface area (Å²) in [4.78, 5) is 11.6. The molecule has 1 aromatic heterocycles. The Hall–Kier alpha value is -1.56. The number of aryl methyl sites for hydroxylation is 1. The van der Waals surface area contributed by atoms with Crippen LogP contribution in [0.3, 0.4) is 0 Å². The highest BCUT2D eigenvalue weighted by atomic mass is 16.5. The lowest BCUT2D eigenvalue weighted by Gasteiger charge is -2.08. The van der Waals surface area contributed by atoms with Gasteiger partial charge in [0.25, 0.3) is 5.91 Å². The zero-order chi connectivity index (χ0) is 10.8. The maximum atomic E-state index is 11.6. The van der Waals surface area contributed by atoms with Crippen LogP contribution >= 0.6 is 0 Å². The van der Waals surface area contributed by atoms with Gasteiger partial charge in [-0.2, -0.15) is 5.10 Å². The van der Waals surface area contributed by atoms with E-state index in [0.29, 0.717) is 18.1 Å². The third kappa shape index (κ3) is 1.94. The van der Waals surface area contributed by atoms with Crippen LogP contribution in [0, 0.1) is 6.92 Å². The Balaban J connectivity index is 2.02. The second-order valence-corrected chi connectivity index (χ2v) is 3.60. The van der Waals surface area contributed by atoms with Gasteiger partial charge in [0.05, 0.1) is 11.4 Å². The molecule has 1 aliphatic heterocycles. The summed E-state index contributed by atoms with van der Waals surface area (Å²) < 4.78 is 5.24. The predicted octanol–water partition coefficient (Wildman–Crippen LogP) is 0.418. The lowest BCUT2D eigenvalue weighted by molar-refractivity contribution is -0.124. The fourth-order valence-corrected chi connectivity index (χ4v) is 1.51. The topological polar surface area (TPSA) is 93.0 Å². The Morgan fingerprint density at radius 3 is 3.07 bits per heavy atom. The van der Waals surface area contributed by atoms with Crippen LogP contribution in [-0.4, -0.2) is 28.8 Å². The van der Waals surface area contributed by atoms with Crippen molar-refractivity contribution < 1.29 is 9.53 Å². The number of aromatic nitrogens is 2. The molecule has 1 fully saturated rings. The first-order valence-corrected chi connectivity index (χ1v) is 4.91. The summed E-state index contributed by atoms with van der Waals surface area (Å²) in [5.41, 5.74) is 6.92. The van der Waals surface area contributed by atoms with Gasteiger partial charge in [0.15, 0.2) is 5.82 Å². The van der Waals surface area contributed by atoms with Crippen LogP contribution in [0.25, 0.3) is 0 Å². The Morgan fingerprint density at radius 2 is 2.53 bits per heavy atom. The molecule has 2 rings (SSSR count). The van der Waals surface area contributed by atoms with Crippen molar-refractivity contribution >= 4 is 17.4 Å². The largest absolute Gasteiger partial charge is 0.394 e. The maximum Gasteiger partial charge on any atom is 0.254 e. The third-order valence-corrected chi connectivity index (χ3v) is 2.46. The zero-order valence-electron chi connectivity index (χ0n) is 8.54. The Morgan fingerprint density at radius 1 is 1.73 bits per heavy atom. The van der Waals surface area contributed by atoms with Gasteiger partial charge < -0.3 is 15.8 Å². The van der Waals surface area contributed by atoms with Gasteiger partial charge in [-0.15, -0.1) is 0 Å². The van der Waals surface area contributed by atoms with E-state index in [2.05, 4.69) is 15.5 Å². The van der Waals surface area contributed by atoms with Gasteiger partial charge in [-0.05, 0) is 19.8 Å². The fourth-order valence-electron chi connectivity index (χ4n) is 1.51. The third-order valence-electron chi connectivity index (χ3n) is 2.46. The normalized spacial score (nSPS) is 20.5. The van der Waals surface area contributed by atoms with Crippen molar-refractivity contribution in [2.45, 2.75) is 25.9 Å². The molecule has 1 amide bonds. The molecule has 4 N–H and O–H groups in total. The van der Waals surface area contributed by atoms with Crippen LogP contribution in [0.1, 0.15) is 18.5 Å². The number of ether oxygens (including phenoxy) is 1. The summed E-state index contributed by atoms with van der Waals surface area (Å²) in [6.07, 6.45) is 1.32. The molecule has 6 heteroatoms. The molecule has 82 valence electrons. The van der Waals surface area contributed by atoms with Crippen LogP contribution < -0.4 is 11.1 Å². The number of nitrogen functional groups attached to an aromatic ring is 1. The van der Waals surface area contributed by atoms with Crippen molar-refractivity contribution in [2.75, 3.05) is 17.7 Å². The minimum atomic E-state index is -0.360. The molecule has 1 aliphatic rings. The number of nitrogens with zero attached hydrogens (tertiary/aromatic N) is 1. The molecule has 15 heavy (non-hydrogen) atoms. The number of anilines is 2. The molecule has 1 unspecified atom stereocenters. The molecular weight excluding hydrogens is 196 g/mol. The van der Waals surface area contributed by atoms with E-state index in [4.69, 9.17) is 10.5 Å². The van der Waals surface area contributed by atoms with E-state index in [9.17, 15) is 4.79 Å². The van der Waals surface area contributed by atoms with Crippen molar-refractivity contribution in [3.8, 4) is 0 Å². The van der Waals surface area contributed by atoms with Crippen LogP contribution in [0.5, 0.6) is 0 Å². The molecule has 0 aromatic carbocycles. The van der Waals surface area contributed by atoms with E-state index in [0.717, 1.165) is 18.5 Å². The molecule has 1 atom stereocenters.